The molecule has 37 heavy (non-hydrogen) atoms. The van der Waals surface area contributed by atoms with Gasteiger partial charge in [-0.05, 0) is 48.5 Å². The fourth-order valence-electron chi connectivity index (χ4n) is 6.03. The Balaban J connectivity index is 1.78. The molecule has 1 heterocycles. The first-order valence-electron chi connectivity index (χ1n) is 12.8. The molecule has 1 aliphatic heterocycles. The molecule has 2 fully saturated rings. The number of primary amides is 1. The van der Waals surface area contributed by atoms with Gasteiger partial charge in [0, 0.05) is 18.4 Å². The van der Waals surface area contributed by atoms with E-state index >= 15 is 0 Å². The van der Waals surface area contributed by atoms with Crippen molar-refractivity contribution in [2.45, 2.75) is 45.6 Å². The van der Waals surface area contributed by atoms with Gasteiger partial charge in [0.25, 0.3) is 5.91 Å². The number of carbonyl (C=O) groups excluding carboxylic acids is 3. The lowest BCUT2D eigenvalue weighted by molar-refractivity contribution is -0.137. The van der Waals surface area contributed by atoms with Crippen LogP contribution >= 0.6 is 0 Å². The molecule has 0 unspecified atom stereocenters. The highest BCUT2D eigenvalue weighted by atomic mass is 16.4. The van der Waals surface area contributed by atoms with Crippen LogP contribution in [0.1, 0.15) is 39.5 Å². The molecular weight excluding hydrogens is 472 g/mol. The lowest BCUT2D eigenvalue weighted by atomic mass is 9.70. The summed E-state index contributed by atoms with van der Waals surface area (Å²) in [6, 6.07) is -0.942. The number of nitrogens with one attached hydrogen (secondary N) is 1. The van der Waals surface area contributed by atoms with Crippen LogP contribution in [0, 0.1) is 35.5 Å². The molecule has 8 nitrogen and oxygen atoms in total. The van der Waals surface area contributed by atoms with Crippen LogP contribution in [0.25, 0.3) is 0 Å². The quantitative estimate of drug-likeness (QED) is 0.117. The summed E-state index contributed by atoms with van der Waals surface area (Å²) in [5.74, 6) is -0.811. The number of carboxylic acids is 1. The van der Waals surface area contributed by atoms with Crippen molar-refractivity contribution in [3.63, 3.8) is 0 Å². The zero-order chi connectivity index (χ0) is 27.1. The summed E-state index contributed by atoms with van der Waals surface area (Å²) in [6.45, 7) is 4.54. The maximum absolute atomic E-state index is 12.5. The zero-order valence-corrected chi connectivity index (χ0v) is 21.2. The Hall–Kier alpha value is -3.68. The van der Waals surface area contributed by atoms with Crippen molar-refractivity contribution in [1.29, 1.82) is 0 Å². The molecule has 0 aromatic carbocycles. The van der Waals surface area contributed by atoms with Crippen molar-refractivity contribution in [3.8, 4) is 0 Å². The van der Waals surface area contributed by atoms with Gasteiger partial charge in [0.15, 0.2) is 5.78 Å². The van der Waals surface area contributed by atoms with Crippen LogP contribution in [0.4, 0.5) is 0 Å². The SMILES string of the molecule is CC[C@H]1[C@@H]2C=C[C@H](/C=C/C=C/C(N)=O)[C@H](/C=C/C=C/C(O)=C3/C(=O)N[C@@H](CCC(=O)O)C3=O)[C@H]2C[C@H]1C. The number of aliphatic carboxylic acids is 1. The molecule has 2 aliphatic carbocycles. The maximum atomic E-state index is 12.5. The number of ketones is 1. The van der Waals surface area contributed by atoms with E-state index < -0.39 is 35.4 Å². The number of rotatable bonds is 10. The van der Waals surface area contributed by atoms with Gasteiger partial charge < -0.3 is 21.3 Å². The van der Waals surface area contributed by atoms with Crippen LogP contribution in [0.15, 0.2) is 72.1 Å². The van der Waals surface area contributed by atoms with E-state index in [0.717, 1.165) is 12.8 Å². The number of carbonyl (C=O) groups is 4. The monoisotopic (exact) mass is 508 g/mol. The molecule has 1 saturated carbocycles. The molecule has 3 aliphatic rings. The van der Waals surface area contributed by atoms with Crippen molar-refractivity contribution >= 4 is 23.6 Å². The third-order valence-corrected chi connectivity index (χ3v) is 7.73. The molecule has 2 amide bonds. The molecule has 8 heteroatoms. The van der Waals surface area contributed by atoms with E-state index in [0.29, 0.717) is 23.7 Å². The summed E-state index contributed by atoms with van der Waals surface area (Å²) >= 11 is 0. The van der Waals surface area contributed by atoms with Gasteiger partial charge in [-0.25, -0.2) is 0 Å². The lowest BCUT2D eigenvalue weighted by Gasteiger charge is -2.35. The van der Waals surface area contributed by atoms with Crippen molar-refractivity contribution in [3.05, 3.63) is 72.1 Å². The second kappa shape index (κ2) is 12.5. The van der Waals surface area contributed by atoms with E-state index in [1.54, 1.807) is 12.2 Å². The number of aliphatic hydroxyl groups excluding tert-OH is 1. The smallest absolute Gasteiger partial charge is 0.303 e. The predicted octanol–water partition coefficient (Wildman–Crippen LogP) is 3.54. The fraction of sp³-hybridized carbons (Fsp3) is 0.448. The number of fused-ring (bicyclic) bond motifs is 1. The average Bonchev–Trinajstić information content (AvgIpc) is 3.32. The minimum atomic E-state index is -1.06. The third-order valence-electron chi connectivity index (χ3n) is 7.73. The molecule has 1 saturated heterocycles. The summed E-state index contributed by atoms with van der Waals surface area (Å²) in [4.78, 5) is 46.4. The van der Waals surface area contributed by atoms with E-state index in [9.17, 15) is 24.3 Å². The molecule has 0 aromatic heterocycles. The molecule has 3 rings (SSSR count). The molecule has 0 spiro atoms. The van der Waals surface area contributed by atoms with Gasteiger partial charge in [-0.3, -0.25) is 19.2 Å². The highest BCUT2D eigenvalue weighted by molar-refractivity contribution is 6.27. The second-order valence-corrected chi connectivity index (χ2v) is 10.0. The van der Waals surface area contributed by atoms with Gasteiger partial charge in [0.1, 0.15) is 11.3 Å². The zero-order valence-electron chi connectivity index (χ0n) is 21.2. The summed E-state index contributed by atoms with van der Waals surface area (Å²) in [5, 5.41) is 21.7. The van der Waals surface area contributed by atoms with Crippen molar-refractivity contribution in [2.24, 2.45) is 41.2 Å². The summed E-state index contributed by atoms with van der Waals surface area (Å²) < 4.78 is 0. The van der Waals surface area contributed by atoms with Crippen LogP contribution in [-0.4, -0.2) is 39.8 Å². The third kappa shape index (κ3) is 6.76. The van der Waals surface area contributed by atoms with Crippen LogP contribution in [0.5, 0.6) is 0 Å². The molecule has 5 N–H and O–H groups in total. The Bertz CT molecular complexity index is 1100. The molecular formula is C29H36N2O6. The number of hydrogen-bond donors (Lipinski definition) is 4. The first kappa shape index (κ1) is 27.9. The molecule has 0 radical (unpaired) electrons. The molecule has 7 atom stereocenters. The van der Waals surface area contributed by atoms with Crippen molar-refractivity contribution in [1.82, 2.24) is 5.32 Å². The number of aliphatic hydroxyl groups is 1. The van der Waals surface area contributed by atoms with E-state index in [4.69, 9.17) is 10.8 Å². The summed E-state index contributed by atoms with van der Waals surface area (Å²) in [7, 11) is 0. The summed E-state index contributed by atoms with van der Waals surface area (Å²) in [5.41, 5.74) is 4.82. The van der Waals surface area contributed by atoms with Crippen molar-refractivity contribution in [2.75, 3.05) is 0 Å². The van der Waals surface area contributed by atoms with E-state index in [-0.39, 0.29) is 30.3 Å². The van der Waals surface area contributed by atoms with Gasteiger partial charge in [0.2, 0.25) is 5.91 Å². The highest BCUT2D eigenvalue weighted by Crippen LogP contribution is 2.52. The average molecular weight is 509 g/mol. The molecule has 0 bridgehead atoms. The van der Waals surface area contributed by atoms with Gasteiger partial charge in [0.05, 0.1) is 6.04 Å². The Morgan fingerprint density at radius 3 is 2.46 bits per heavy atom. The number of amides is 2. The minimum absolute atomic E-state index is 0.0290. The van der Waals surface area contributed by atoms with Crippen LogP contribution in [0.2, 0.25) is 0 Å². The van der Waals surface area contributed by atoms with E-state index in [1.165, 1.54) is 12.2 Å². The Morgan fingerprint density at radius 2 is 1.78 bits per heavy atom. The van der Waals surface area contributed by atoms with E-state index in [2.05, 4.69) is 37.4 Å². The predicted molar refractivity (Wildman–Crippen MR) is 140 cm³/mol. The number of allylic oxidation sites excluding steroid dienone is 9. The fourth-order valence-corrected chi connectivity index (χ4v) is 6.03. The highest BCUT2D eigenvalue weighted by Gasteiger charge is 2.44. The number of nitrogens with two attached hydrogens (primary N) is 1. The number of carboxylic acid groups (broad SMARTS) is 1. The second-order valence-electron chi connectivity index (χ2n) is 10.0. The maximum Gasteiger partial charge on any atom is 0.303 e. The largest absolute Gasteiger partial charge is 0.507 e. The van der Waals surface area contributed by atoms with Crippen molar-refractivity contribution < 1.29 is 29.4 Å². The van der Waals surface area contributed by atoms with Crippen LogP contribution in [-0.2, 0) is 19.2 Å². The van der Waals surface area contributed by atoms with Gasteiger partial charge in [-0.15, -0.1) is 0 Å². The Kier molecular flexibility index (Phi) is 9.44. The standard InChI is InChI=1S/C29H36N2O6/c1-3-19-17(2)16-22-20(18(12-13-21(19)22)8-4-7-11-25(30)33)9-5-6-10-24(32)27-28(36)23(31-29(27)37)14-15-26(34)35/h4-13,17-23,32H,3,14-16H2,1-2H3,(H2,30,33)(H,31,37)(H,34,35)/b8-4+,9-5+,10-6+,11-7+,27-24-/t17-,18+,19-,20+,21+,22-,23+/m1/s1. The first-order chi connectivity index (χ1) is 17.6. The van der Waals surface area contributed by atoms with Gasteiger partial charge in [-0.2, -0.15) is 0 Å². The van der Waals surface area contributed by atoms with Crippen LogP contribution in [0.3, 0.4) is 0 Å². The topological polar surface area (TPSA) is 147 Å². The van der Waals surface area contributed by atoms with E-state index in [1.807, 2.05) is 18.2 Å². The van der Waals surface area contributed by atoms with Gasteiger partial charge >= 0.3 is 5.97 Å². The first-order valence-corrected chi connectivity index (χ1v) is 12.8. The lowest BCUT2D eigenvalue weighted by Crippen LogP contribution is -2.29. The number of hydrogen-bond acceptors (Lipinski definition) is 5. The minimum Gasteiger partial charge on any atom is -0.507 e. The Morgan fingerprint density at radius 1 is 1.08 bits per heavy atom. The number of Topliss-reactive ketones (excluding diaryl/α,β-unsaturated/α-hetero) is 1. The Labute approximate surface area is 217 Å². The summed E-state index contributed by atoms with van der Waals surface area (Å²) in [6.07, 6.45) is 20.1. The molecule has 198 valence electrons. The van der Waals surface area contributed by atoms with Crippen LogP contribution < -0.4 is 11.1 Å². The van der Waals surface area contributed by atoms with Gasteiger partial charge in [-0.1, -0.05) is 68.9 Å². The normalized spacial score (nSPS) is 33.2. The molecule has 0 aromatic rings.